The van der Waals surface area contributed by atoms with Crippen LogP contribution in [0.4, 0.5) is 0 Å². The summed E-state index contributed by atoms with van der Waals surface area (Å²) in [6, 6.07) is 10.1. The minimum Gasteiger partial charge on any atom is -0.308 e. The van der Waals surface area contributed by atoms with Crippen LogP contribution in [0.3, 0.4) is 0 Å². The van der Waals surface area contributed by atoms with Crippen LogP contribution in [0, 0.1) is 0 Å². The van der Waals surface area contributed by atoms with Crippen LogP contribution in [-0.4, -0.2) is 21.3 Å². The van der Waals surface area contributed by atoms with E-state index < -0.39 is 0 Å². The van der Waals surface area contributed by atoms with Crippen LogP contribution < -0.4 is 5.32 Å². The Bertz CT molecular complexity index is 469. The monoisotopic (exact) mass is 264 g/mol. The van der Waals surface area contributed by atoms with Crippen LogP contribution >= 0.6 is 11.6 Å². The topological polar surface area (TPSA) is 42.7 Å². The van der Waals surface area contributed by atoms with E-state index in [1.807, 2.05) is 41.9 Å². The highest BCUT2D eigenvalue weighted by atomic mass is 35.5. The molecule has 0 amide bonds. The molecule has 0 bridgehead atoms. The van der Waals surface area contributed by atoms with Gasteiger partial charge in [0.1, 0.15) is 12.2 Å². The summed E-state index contributed by atoms with van der Waals surface area (Å²) < 4.78 is 1.87. The van der Waals surface area contributed by atoms with Crippen molar-refractivity contribution in [1.29, 1.82) is 0 Å². The molecule has 1 aromatic carbocycles. The lowest BCUT2D eigenvalue weighted by molar-refractivity contribution is 0.570. The van der Waals surface area contributed by atoms with E-state index in [-0.39, 0.29) is 5.38 Å². The Morgan fingerprint density at radius 2 is 2.11 bits per heavy atom. The Balaban J connectivity index is 1.82. The predicted octanol–water partition coefficient (Wildman–Crippen LogP) is 2.37. The second kappa shape index (κ2) is 6.52. The fraction of sp³-hybridized carbons (Fsp3) is 0.385. The molecule has 18 heavy (non-hydrogen) atoms. The van der Waals surface area contributed by atoms with Crippen LogP contribution in [0.15, 0.2) is 36.7 Å². The van der Waals surface area contributed by atoms with Crippen LogP contribution in [0.5, 0.6) is 0 Å². The Labute approximate surface area is 112 Å². The zero-order valence-corrected chi connectivity index (χ0v) is 11.1. The molecule has 1 atom stereocenters. The summed E-state index contributed by atoms with van der Waals surface area (Å²) >= 11 is 6.31. The number of hydrogen-bond donors (Lipinski definition) is 1. The van der Waals surface area contributed by atoms with Crippen molar-refractivity contribution in [2.24, 2.45) is 0 Å². The number of alkyl halides is 1. The molecule has 5 heteroatoms. The van der Waals surface area contributed by atoms with Gasteiger partial charge in [0.2, 0.25) is 0 Å². The summed E-state index contributed by atoms with van der Waals surface area (Å²) in [5, 5.41) is 7.40. The highest BCUT2D eigenvalue weighted by Gasteiger charge is 2.07. The van der Waals surface area contributed by atoms with E-state index in [1.54, 1.807) is 6.33 Å². The van der Waals surface area contributed by atoms with Crippen LogP contribution in [-0.2, 0) is 13.1 Å². The Morgan fingerprint density at radius 3 is 2.83 bits per heavy atom. The zero-order chi connectivity index (χ0) is 12.8. The molecule has 0 saturated carbocycles. The van der Waals surface area contributed by atoms with Crippen molar-refractivity contribution in [3.63, 3.8) is 0 Å². The number of benzene rings is 1. The van der Waals surface area contributed by atoms with Gasteiger partial charge in [0.25, 0.3) is 0 Å². The van der Waals surface area contributed by atoms with Crippen molar-refractivity contribution >= 4 is 11.6 Å². The SMILES string of the molecule is CCn1ncnc1CNCC(Cl)c1ccccc1. The average Bonchev–Trinajstić information content (AvgIpc) is 2.87. The molecular weight excluding hydrogens is 248 g/mol. The summed E-state index contributed by atoms with van der Waals surface area (Å²) in [7, 11) is 0. The van der Waals surface area contributed by atoms with Gasteiger partial charge in [-0.25, -0.2) is 9.67 Å². The van der Waals surface area contributed by atoms with Crippen LogP contribution in [0.1, 0.15) is 23.7 Å². The molecule has 0 aliphatic carbocycles. The summed E-state index contributed by atoms with van der Waals surface area (Å²) in [6.07, 6.45) is 1.58. The number of aromatic nitrogens is 3. The standard InChI is InChI=1S/C13H17ClN4/c1-2-18-13(16-10-17-18)9-15-8-12(14)11-6-4-3-5-7-11/h3-7,10,12,15H,2,8-9H2,1H3. The Morgan fingerprint density at radius 1 is 1.33 bits per heavy atom. The number of nitrogens with one attached hydrogen (secondary N) is 1. The van der Waals surface area contributed by atoms with Gasteiger partial charge in [0, 0.05) is 13.1 Å². The Hall–Kier alpha value is -1.39. The van der Waals surface area contributed by atoms with Crippen LogP contribution in [0.2, 0.25) is 0 Å². The minimum atomic E-state index is -0.0239. The maximum atomic E-state index is 6.31. The second-order valence-electron chi connectivity index (χ2n) is 4.00. The maximum absolute atomic E-state index is 6.31. The first-order valence-electron chi connectivity index (χ1n) is 6.07. The molecule has 1 N–H and O–H groups in total. The molecule has 0 aliphatic heterocycles. The van der Waals surface area contributed by atoms with Gasteiger partial charge in [-0.15, -0.1) is 11.6 Å². The minimum absolute atomic E-state index is 0.0239. The summed E-state index contributed by atoms with van der Waals surface area (Å²) in [4.78, 5) is 4.20. The summed E-state index contributed by atoms with van der Waals surface area (Å²) in [6.45, 7) is 4.28. The molecule has 0 saturated heterocycles. The molecule has 96 valence electrons. The summed E-state index contributed by atoms with van der Waals surface area (Å²) in [5.41, 5.74) is 1.13. The van der Waals surface area contributed by atoms with Gasteiger partial charge in [0.15, 0.2) is 0 Å². The van der Waals surface area contributed by atoms with Crippen molar-refractivity contribution in [3.8, 4) is 0 Å². The van der Waals surface area contributed by atoms with Crippen molar-refractivity contribution in [2.75, 3.05) is 6.54 Å². The maximum Gasteiger partial charge on any atom is 0.140 e. The second-order valence-corrected chi connectivity index (χ2v) is 4.53. The first-order valence-corrected chi connectivity index (χ1v) is 6.51. The molecular formula is C13H17ClN4. The third-order valence-corrected chi connectivity index (χ3v) is 3.17. The van der Waals surface area contributed by atoms with Crippen molar-refractivity contribution in [3.05, 3.63) is 48.0 Å². The van der Waals surface area contributed by atoms with E-state index in [0.29, 0.717) is 13.1 Å². The van der Waals surface area contributed by atoms with Gasteiger partial charge in [-0.2, -0.15) is 5.10 Å². The highest BCUT2D eigenvalue weighted by Crippen LogP contribution is 2.18. The van der Waals surface area contributed by atoms with Crippen LogP contribution in [0.25, 0.3) is 0 Å². The van der Waals surface area contributed by atoms with Gasteiger partial charge in [-0.3, -0.25) is 0 Å². The van der Waals surface area contributed by atoms with Crippen molar-refractivity contribution in [1.82, 2.24) is 20.1 Å². The molecule has 2 rings (SSSR count). The quantitative estimate of drug-likeness (QED) is 0.815. The predicted molar refractivity (Wildman–Crippen MR) is 72.4 cm³/mol. The number of halogens is 1. The normalized spacial score (nSPS) is 12.6. The number of nitrogens with zero attached hydrogens (tertiary/aromatic N) is 3. The van der Waals surface area contributed by atoms with E-state index in [4.69, 9.17) is 11.6 Å². The number of hydrogen-bond acceptors (Lipinski definition) is 3. The van der Waals surface area contributed by atoms with E-state index in [2.05, 4.69) is 15.4 Å². The molecule has 1 heterocycles. The smallest absolute Gasteiger partial charge is 0.140 e. The molecule has 1 unspecified atom stereocenters. The average molecular weight is 265 g/mol. The first-order chi connectivity index (χ1) is 8.81. The van der Waals surface area contributed by atoms with E-state index in [1.165, 1.54) is 0 Å². The van der Waals surface area contributed by atoms with Crippen molar-refractivity contribution < 1.29 is 0 Å². The summed E-state index contributed by atoms with van der Waals surface area (Å²) in [5.74, 6) is 0.939. The molecule has 0 fully saturated rings. The zero-order valence-electron chi connectivity index (χ0n) is 10.4. The number of rotatable bonds is 6. The van der Waals surface area contributed by atoms with Gasteiger partial charge >= 0.3 is 0 Å². The largest absolute Gasteiger partial charge is 0.308 e. The van der Waals surface area contributed by atoms with E-state index >= 15 is 0 Å². The third-order valence-electron chi connectivity index (χ3n) is 2.76. The Kier molecular flexibility index (Phi) is 4.73. The van der Waals surface area contributed by atoms with Crippen molar-refractivity contribution in [2.45, 2.75) is 25.4 Å². The molecule has 4 nitrogen and oxygen atoms in total. The van der Waals surface area contributed by atoms with Gasteiger partial charge < -0.3 is 5.32 Å². The molecule has 2 aromatic rings. The fourth-order valence-corrected chi connectivity index (χ4v) is 2.03. The van der Waals surface area contributed by atoms with Gasteiger partial charge in [-0.1, -0.05) is 30.3 Å². The highest BCUT2D eigenvalue weighted by molar-refractivity contribution is 6.21. The lowest BCUT2D eigenvalue weighted by Gasteiger charge is -2.11. The van der Waals surface area contributed by atoms with Gasteiger partial charge in [0.05, 0.1) is 11.9 Å². The fourth-order valence-electron chi connectivity index (χ4n) is 1.78. The van der Waals surface area contributed by atoms with E-state index in [0.717, 1.165) is 17.9 Å². The third kappa shape index (κ3) is 3.31. The number of aryl methyl sites for hydroxylation is 1. The first kappa shape index (κ1) is 13.1. The molecule has 0 aliphatic rings. The molecule has 1 aromatic heterocycles. The molecule has 0 radical (unpaired) electrons. The van der Waals surface area contributed by atoms with Gasteiger partial charge in [-0.05, 0) is 12.5 Å². The molecule has 0 spiro atoms. The van der Waals surface area contributed by atoms with E-state index in [9.17, 15) is 0 Å². The lowest BCUT2D eigenvalue weighted by Crippen LogP contribution is -2.21. The lowest BCUT2D eigenvalue weighted by atomic mass is 10.1.